The molecule has 0 fully saturated rings. The summed E-state index contributed by atoms with van der Waals surface area (Å²) in [7, 11) is 1.31. The van der Waals surface area contributed by atoms with E-state index in [2.05, 4.69) is 20.0 Å². The van der Waals surface area contributed by atoms with Gasteiger partial charge in [0.1, 0.15) is 5.82 Å². The fourth-order valence-electron chi connectivity index (χ4n) is 1.21. The molecule has 2 N–H and O–H groups in total. The van der Waals surface area contributed by atoms with Crippen LogP contribution >= 0.6 is 0 Å². The number of fused-ring (bicyclic) bond motifs is 1. The van der Waals surface area contributed by atoms with Gasteiger partial charge in [-0.15, -0.1) is 0 Å². The van der Waals surface area contributed by atoms with Gasteiger partial charge in [-0.25, -0.2) is 9.78 Å². The second kappa shape index (κ2) is 3.37. The van der Waals surface area contributed by atoms with Gasteiger partial charge in [-0.1, -0.05) is 0 Å². The molecular weight excluding hydrogens is 182 g/mol. The average Bonchev–Trinajstić information content (AvgIpc) is 2.62. The van der Waals surface area contributed by atoms with Crippen LogP contribution in [0.3, 0.4) is 0 Å². The summed E-state index contributed by atoms with van der Waals surface area (Å²) in [5.41, 5.74) is 1.73. The van der Waals surface area contributed by atoms with Crippen molar-refractivity contribution in [3.8, 4) is 11.3 Å². The summed E-state index contributed by atoms with van der Waals surface area (Å²) in [6, 6.07) is 3.70. The second-order valence-electron chi connectivity index (χ2n) is 2.72. The van der Waals surface area contributed by atoms with Crippen molar-refractivity contribution >= 4 is 11.9 Å². The summed E-state index contributed by atoms with van der Waals surface area (Å²) >= 11 is 0. The van der Waals surface area contributed by atoms with Crippen LogP contribution in [0.1, 0.15) is 0 Å². The zero-order valence-corrected chi connectivity index (χ0v) is 7.57. The predicted octanol–water partition coefficient (Wildman–Crippen LogP) is 1.69. The Balaban J connectivity index is 2.31. The number of hydrogen-bond donors (Lipinski definition) is 2. The smallest absolute Gasteiger partial charge is 0.412 e. The Labute approximate surface area is 80.5 Å². The first kappa shape index (κ1) is 8.55. The number of anilines is 1. The van der Waals surface area contributed by atoms with Crippen LogP contribution in [0.15, 0.2) is 24.5 Å². The summed E-state index contributed by atoms with van der Waals surface area (Å²) in [6.45, 7) is 0. The topological polar surface area (TPSA) is 67.0 Å². The number of methoxy groups -OCH3 is 1. The number of aromatic nitrogens is 2. The highest BCUT2D eigenvalue weighted by atomic mass is 16.5. The number of amides is 1. The Hall–Kier alpha value is -2.04. The van der Waals surface area contributed by atoms with Gasteiger partial charge in [-0.3, -0.25) is 5.32 Å². The lowest BCUT2D eigenvalue weighted by Crippen LogP contribution is -2.11. The van der Waals surface area contributed by atoms with Crippen LogP contribution < -0.4 is 5.32 Å². The van der Waals surface area contributed by atoms with E-state index in [-0.39, 0.29) is 0 Å². The average molecular weight is 191 g/mol. The minimum atomic E-state index is -0.520. The molecule has 5 heteroatoms. The number of pyridine rings is 1. The standard InChI is InChI=1S/C9H9N3O2/c1-14-9(13)12-8-6-3-2-4-10-7(6)5-11-8/h2-5,10H,1H3,(H,11,12,13). The zero-order chi connectivity index (χ0) is 9.97. The molecule has 5 nitrogen and oxygen atoms in total. The first-order chi connectivity index (χ1) is 6.81. The van der Waals surface area contributed by atoms with Crippen LogP contribution in [0.4, 0.5) is 10.6 Å². The maximum atomic E-state index is 10.9. The van der Waals surface area contributed by atoms with Gasteiger partial charge < -0.3 is 9.72 Å². The van der Waals surface area contributed by atoms with Crippen molar-refractivity contribution in [3.05, 3.63) is 24.5 Å². The number of carbonyl (C=O) groups excluding carboxylic acids is 1. The van der Waals surface area contributed by atoms with E-state index < -0.39 is 6.09 Å². The Morgan fingerprint density at radius 1 is 1.64 bits per heavy atom. The summed E-state index contributed by atoms with van der Waals surface area (Å²) < 4.78 is 4.47. The molecule has 2 heterocycles. The van der Waals surface area contributed by atoms with Gasteiger partial charge >= 0.3 is 6.09 Å². The van der Waals surface area contributed by atoms with E-state index in [9.17, 15) is 4.79 Å². The number of carbonyl (C=O) groups is 1. The van der Waals surface area contributed by atoms with E-state index >= 15 is 0 Å². The molecule has 1 amide bonds. The van der Waals surface area contributed by atoms with Crippen LogP contribution in [-0.4, -0.2) is 23.2 Å². The van der Waals surface area contributed by atoms with Crippen molar-refractivity contribution < 1.29 is 9.53 Å². The Kier molecular flexibility index (Phi) is 2.06. The molecule has 0 unspecified atom stereocenters. The summed E-state index contributed by atoms with van der Waals surface area (Å²) in [6.07, 6.45) is 2.93. The number of nitrogens with one attached hydrogen (secondary N) is 2. The molecule has 2 aliphatic rings. The Bertz CT molecular complexity index is 424. The van der Waals surface area contributed by atoms with E-state index in [0.717, 1.165) is 11.3 Å². The molecule has 2 aliphatic heterocycles. The number of H-pyrrole nitrogens is 1. The Morgan fingerprint density at radius 2 is 2.50 bits per heavy atom. The zero-order valence-electron chi connectivity index (χ0n) is 7.57. The third kappa shape index (κ3) is 1.39. The van der Waals surface area contributed by atoms with Crippen molar-refractivity contribution in [2.45, 2.75) is 0 Å². The van der Waals surface area contributed by atoms with Crippen LogP contribution in [0.5, 0.6) is 0 Å². The highest BCUT2D eigenvalue weighted by molar-refractivity contribution is 5.89. The van der Waals surface area contributed by atoms with Gasteiger partial charge in [0, 0.05) is 11.8 Å². The molecule has 0 saturated heterocycles. The third-order valence-electron chi connectivity index (χ3n) is 1.87. The normalized spacial score (nSPS) is 10.1. The van der Waals surface area contributed by atoms with Crippen molar-refractivity contribution in [2.24, 2.45) is 0 Å². The number of ether oxygens (including phenoxy) is 1. The van der Waals surface area contributed by atoms with Crippen LogP contribution in [0.25, 0.3) is 11.3 Å². The third-order valence-corrected chi connectivity index (χ3v) is 1.87. The van der Waals surface area contributed by atoms with E-state index in [0.29, 0.717) is 5.82 Å². The van der Waals surface area contributed by atoms with Gasteiger partial charge in [-0.2, -0.15) is 0 Å². The first-order valence-corrected chi connectivity index (χ1v) is 4.08. The van der Waals surface area contributed by atoms with Crippen molar-refractivity contribution in [2.75, 3.05) is 12.4 Å². The number of nitrogens with zero attached hydrogens (tertiary/aromatic N) is 1. The molecule has 0 spiro atoms. The van der Waals surface area contributed by atoms with Crippen molar-refractivity contribution in [1.29, 1.82) is 0 Å². The lowest BCUT2D eigenvalue weighted by molar-refractivity contribution is 0.187. The van der Waals surface area contributed by atoms with Gasteiger partial charge in [-0.05, 0) is 12.1 Å². The molecule has 0 saturated carbocycles. The molecule has 0 aromatic heterocycles. The summed E-state index contributed by atoms with van der Waals surface area (Å²) in [4.78, 5) is 18.0. The lowest BCUT2D eigenvalue weighted by atomic mass is 10.2. The number of rotatable bonds is 1. The summed E-state index contributed by atoms with van der Waals surface area (Å²) in [5, 5.41) is 2.52. The van der Waals surface area contributed by atoms with E-state index in [1.807, 2.05) is 12.1 Å². The highest BCUT2D eigenvalue weighted by Crippen LogP contribution is 2.26. The molecular formula is C9H9N3O2. The lowest BCUT2D eigenvalue weighted by Gasteiger charge is -2.02. The van der Waals surface area contributed by atoms with E-state index in [1.165, 1.54) is 7.11 Å². The minimum absolute atomic E-state index is 0.503. The van der Waals surface area contributed by atoms with Crippen LogP contribution in [0.2, 0.25) is 0 Å². The SMILES string of the molecule is COC(=O)Nc1ncc2[nH]cccc1-2. The molecule has 2 rings (SSSR count). The number of aromatic amines is 1. The van der Waals surface area contributed by atoms with Gasteiger partial charge in [0.25, 0.3) is 0 Å². The van der Waals surface area contributed by atoms with Gasteiger partial charge in [0.05, 0.1) is 19.0 Å². The first-order valence-electron chi connectivity index (χ1n) is 4.08. The van der Waals surface area contributed by atoms with Crippen LogP contribution in [-0.2, 0) is 4.74 Å². The summed E-state index contributed by atoms with van der Waals surface area (Å²) in [5.74, 6) is 0.503. The number of hydrogen-bond acceptors (Lipinski definition) is 3. The predicted molar refractivity (Wildman–Crippen MR) is 51.2 cm³/mol. The molecule has 0 aliphatic carbocycles. The highest BCUT2D eigenvalue weighted by Gasteiger charge is 2.12. The largest absolute Gasteiger partial charge is 0.453 e. The molecule has 0 aromatic rings. The fourth-order valence-corrected chi connectivity index (χ4v) is 1.21. The van der Waals surface area contributed by atoms with Crippen LogP contribution in [0, 0.1) is 0 Å². The monoisotopic (exact) mass is 191 g/mol. The van der Waals surface area contributed by atoms with E-state index in [4.69, 9.17) is 0 Å². The molecule has 0 atom stereocenters. The Morgan fingerprint density at radius 3 is 3.29 bits per heavy atom. The van der Waals surface area contributed by atoms with E-state index in [1.54, 1.807) is 12.4 Å². The van der Waals surface area contributed by atoms with Crippen molar-refractivity contribution in [3.63, 3.8) is 0 Å². The quantitative estimate of drug-likeness (QED) is 0.720. The second-order valence-corrected chi connectivity index (χ2v) is 2.72. The maximum absolute atomic E-state index is 10.9. The molecule has 14 heavy (non-hydrogen) atoms. The van der Waals surface area contributed by atoms with Gasteiger partial charge in [0.15, 0.2) is 0 Å². The van der Waals surface area contributed by atoms with Gasteiger partial charge in [0.2, 0.25) is 0 Å². The van der Waals surface area contributed by atoms with Crippen molar-refractivity contribution in [1.82, 2.24) is 9.97 Å². The maximum Gasteiger partial charge on any atom is 0.412 e. The molecule has 0 aromatic carbocycles. The molecule has 72 valence electrons. The minimum Gasteiger partial charge on any atom is -0.453 e. The molecule has 0 bridgehead atoms. The fraction of sp³-hybridized carbons (Fsp3) is 0.111. The molecule has 0 radical (unpaired) electrons.